The molecule has 0 spiro atoms. The zero-order valence-electron chi connectivity index (χ0n) is 9.05. The van der Waals surface area contributed by atoms with Gasteiger partial charge in [0, 0.05) is 19.5 Å². The van der Waals surface area contributed by atoms with Crippen LogP contribution in [0.2, 0.25) is 0 Å². The average Bonchev–Trinajstić information content (AvgIpc) is 2.85. The van der Waals surface area contributed by atoms with E-state index < -0.39 is 16.1 Å². The molecule has 0 radical (unpaired) electrons. The van der Waals surface area contributed by atoms with E-state index in [0.717, 1.165) is 0 Å². The predicted molar refractivity (Wildman–Crippen MR) is 57.3 cm³/mol. The fraction of sp³-hybridized carbons (Fsp3) is 0.667. The summed E-state index contributed by atoms with van der Waals surface area (Å²) in [5.41, 5.74) is 0. The van der Waals surface area contributed by atoms with Crippen molar-refractivity contribution in [1.82, 2.24) is 14.3 Å². The highest BCUT2D eigenvalue weighted by Gasteiger charge is 2.32. The van der Waals surface area contributed by atoms with Crippen molar-refractivity contribution >= 4 is 10.0 Å². The lowest BCUT2D eigenvalue weighted by molar-refractivity contribution is 0.189. The predicted octanol–water partition coefficient (Wildman–Crippen LogP) is -0.273. The van der Waals surface area contributed by atoms with E-state index >= 15 is 0 Å². The maximum Gasteiger partial charge on any atom is 0.260 e. The highest BCUT2D eigenvalue weighted by atomic mass is 32.2. The van der Waals surface area contributed by atoms with Crippen molar-refractivity contribution in [2.45, 2.75) is 30.9 Å². The summed E-state index contributed by atoms with van der Waals surface area (Å²) in [4.78, 5) is 6.74. The van der Waals surface area contributed by atoms with Crippen molar-refractivity contribution in [2.75, 3.05) is 13.1 Å². The monoisotopic (exact) mass is 245 g/mol. The van der Waals surface area contributed by atoms with E-state index in [1.807, 2.05) is 6.92 Å². The first kappa shape index (κ1) is 11.6. The van der Waals surface area contributed by atoms with Gasteiger partial charge in [0.25, 0.3) is 10.0 Å². The largest absolute Gasteiger partial charge is 0.392 e. The number of sulfonamides is 1. The fourth-order valence-corrected chi connectivity index (χ4v) is 3.15. The van der Waals surface area contributed by atoms with Crippen LogP contribution in [-0.4, -0.2) is 47.0 Å². The molecule has 2 heterocycles. The molecule has 7 heteroatoms. The van der Waals surface area contributed by atoms with Crippen LogP contribution in [0.4, 0.5) is 0 Å². The van der Waals surface area contributed by atoms with Crippen LogP contribution < -0.4 is 0 Å². The van der Waals surface area contributed by atoms with Crippen LogP contribution in [0, 0.1) is 0 Å². The van der Waals surface area contributed by atoms with E-state index in [-0.39, 0.29) is 11.6 Å². The number of aryl methyl sites for hydroxylation is 1. The van der Waals surface area contributed by atoms with Crippen LogP contribution in [-0.2, 0) is 16.4 Å². The molecule has 0 aromatic carbocycles. The molecule has 90 valence electrons. The minimum atomic E-state index is -3.51. The van der Waals surface area contributed by atoms with Gasteiger partial charge in [-0.3, -0.25) is 0 Å². The lowest BCUT2D eigenvalue weighted by Crippen LogP contribution is -2.30. The molecule has 0 saturated carbocycles. The molecule has 16 heavy (non-hydrogen) atoms. The van der Waals surface area contributed by atoms with Crippen LogP contribution in [0.3, 0.4) is 0 Å². The SMILES string of the molecule is CCc1ncc(S(=O)(=O)N2CCC(O)C2)[nH]1. The van der Waals surface area contributed by atoms with Crippen LogP contribution in [0.15, 0.2) is 11.2 Å². The number of rotatable bonds is 3. The summed E-state index contributed by atoms with van der Waals surface area (Å²) in [7, 11) is -3.51. The Labute approximate surface area is 94.4 Å². The summed E-state index contributed by atoms with van der Waals surface area (Å²) in [5.74, 6) is 0.651. The third-order valence-corrected chi connectivity index (χ3v) is 4.46. The van der Waals surface area contributed by atoms with Crippen molar-refractivity contribution in [3.63, 3.8) is 0 Å². The second-order valence-corrected chi connectivity index (χ2v) is 5.76. The number of imidazole rings is 1. The van der Waals surface area contributed by atoms with E-state index in [2.05, 4.69) is 9.97 Å². The van der Waals surface area contributed by atoms with Gasteiger partial charge >= 0.3 is 0 Å². The van der Waals surface area contributed by atoms with Crippen molar-refractivity contribution in [3.8, 4) is 0 Å². The first-order chi connectivity index (χ1) is 7.54. The molecule has 2 N–H and O–H groups in total. The molecule has 1 aromatic rings. The summed E-state index contributed by atoms with van der Waals surface area (Å²) >= 11 is 0. The van der Waals surface area contributed by atoms with E-state index in [0.29, 0.717) is 25.2 Å². The maximum atomic E-state index is 12.1. The summed E-state index contributed by atoms with van der Waals surface area (Å²) in [5, 5.41) is 9.44. The van der Waals surface area contributed by atoms with Crippen LogP contribution in [0.5, 0.6) is 0 Å². The number of nitrogens with zero attached hydrogens (tertiary/aromatic N) is 2. The minimum Gasteiger partial charge on any atom is -0.392 e. The van der Waals surface area contributed by atoms with Gasteiger partial charge in [-0.05, 0) is 6.42 Å². The van der Waals surface area contributed by atoms with Crippen molar-refractivity contribution in [3.05, 3.63) is 12.0 Å². The topological polar surface area (TPSA) is 86.3 Å². The van der Waals surface area contributed by atoms with Crippen molar-refractivity contribution in [2.24, 2.45) is 0 Å². The van der Waals surface area contributed by atoms with Gasteiger partial charge in [-0.2, -0.15) is 4.31 Å². The van der Waals surface area contributed by atoms with Gasteiger partial charge in [0.05, 0.1) is 12.3 Å². The Morgan fingerprint density at radius 1 is 1.69 bits per heavy atom. The van der Waals surface area contributed by atoms with Crippen LogP contribution in [0.1, 0.15) is 19.2 Å². The summed E-state index contributed by atoms with van der Waals surface area (Å²) in [6.45, 7) is 2.43. The summed E-state index contributed by atoms with van der Waals surface area (Å²) in [6.07, 6.45) is 1.94. The second-order valence-electron chi connectivity index (χ2n) is 3.85. The molecule has 0 bridgehead atoms. The Morgan fingerprint density at radius 3 is 2.94 bits per heavy atom. The molecular formula is C9H15N3O3S. The molecule has 1 aromatic heterocycles. The maximum absolute atomic E-state index is 12.1. The number of β-amino-alcohol motifs (C(OH)–C–C–N with tert-alkyl or cyclic N) is 1. The molecule has 0 aliphatic carbocycles. The van der Waals surface area contributed by atoms with Crippen LogP contribution in [0.25, 0.3) is 0 Å². The second kappa shape index (κ2) is 4.15. The van der Waals surface area contributed by atoms with Gasteiger partial charge in [-0.25, -0.2) is 13.4 Å². The lowest BCUT2D eigenvalue weighted by Gasteiger charge is -2.13. The number of H-pyrrole nitrogens is 1. The minimum absolute atomic E-state index is 0.110. The third kappa shape index (κ3) is 1.98. The molecule has 1 unspecified atom stereocenters. The van der Waals surface area contributed by atoms with E-state index in [1.54, 1.807) is 0 Å². The van der Waals surface area contributed by atoms with E-state index in [4.69, 9.17) is 0 Å². The molecule has 6 nitrogen and oxygen atoms in total. The standard InChI is InChI=1S/C9H15N3O3S/c1-2-8-10-5-9(11-8)16(14,15)12-4-3-7(13)6-12/h5,7,13H,2-4,6H2,1H3,(H,10,11). The normalized spacial score (nSPS) is 22.8. The highest BCUT2D eigenvalue weighted by Crippen LogP contribution is 2.19. The van der Waals surface area contributed by atoms with Gasteiger partial charge in [0.1, 0.15) is 5.82 Å². The Bertz CT molecular complexity index is 468. The number of aromatic amines is 1. The third-order valence-electron chi connectivity index (χ3n) is 2.68. The Kier molecular flexibility index (Phi) is 3.00. The van der Waals surface area contributed by atoms with Gasteiger partial charge in [0.15, 0.2) is 5.03 Å². The number of aromatic nitrogens is 2. The number of aliphatic hydroxyl groups is 1. The van der Waals surface area contributed by atoms with Gasteiger partial charge in [-0.15, -0.1) is 0 Å². The Balaban J connectivity index is 2.25. The number of nitrogens with one attached hydrogen (secondary N) is 1. The number of hydrogen-bond donors (Lipinski definition) is 2. The molecule has 1 saturated heterocycles. The quantitative estimate of drug-likeness (QED) is 0.767. The smallest absolute Gasteiger partial charge is 0.260 e. The first-order valence-corrected chi connectivity index (χ1v) is 6.70. The fourth-order valence-electron chi connectivity index (χ4n) is 1.72. The zero-order valence-corrected chi connectivity index (χ0v) is 9.87. The summed E-state index contributed by atoms with van der Waals surface area (Å²) in [6, 6.07) is 0. The van der Waals surface area contributed by atoms with Gasteiger partial charge in [-0.1, -0.05) is 6.92 Å². The Morgan fingerprint density at radius 2 is 2.44 bits per heavy atom. The lowest BCUT2D eigenvalue weighted by atomic mass is 10.3. The average molecular weight is 245 g/mol. The molecule has 1 aliphatic heterocycles. The van der Waals surface area contributed by atoms with Crippen LogP contribution >= 0.6 is 0 Å². The first-order valence-electron chi connectivity index (χ1n) is 5.26. The van der Waals surface area contributed by atoms with E-state index in [9.17, 15) is 13.5 Å². The molecule has 1 atom stereocenters. The van der Waals surface area contributed by atoms with Gasteiger partial charge in [0.2, 0.25) is 0 Å². The molecule has 1 fully saturated rings. The number of hydrogen-bond acceptors (Lipinski definition) is 4. The molecule has 2 rings (SSSR count). The van der Waals surface area contributed by atoms with E-state index in [1.165, 1.54) is 10.5 Å². The molecular weight excluding hydrogens is 230 g/mol. The van der Waals surface area contributed by atoms with Gasteiger partial charge < -0.3 is 10.1 Å². The molecule has 1 aliphatic rings. The number of aliphatic hydroxyl groups excluding tert-OH is 1. The highest BCUT2D eigenvalue weighted by molar-refractivity contribution is 7.89. The molecule has 0 amide bonds. The zero-order chi connectivity index (χ0) is 11.8. The summed E-state index contributed by atoms with van der Waals surface area (Å²) < 4.78 is 25.4. The van der Waals surface area contributed by atoms with Crippen molar-refractivity contribution < 1.29 is 13.5 Å². The Hall–Kier alpha value is -0.920. The van der Waals surface area contributed by atoms with Crippen molar-refractivity contribution in [1.29, 1.82) is 0 Å².